The van der Waals surface area contributed by atoms with Crippen molar-refractivity contribution in [2.24, 2.45) is 5.92 Å². The van der Waals surface area contributed by atoms with E-state index in [1.54, 1.807) is 19.9 Å². The molecule has 0 aliphatic rings. The van der Waals surface area contributed by atoms with Gasteiger partial charge in [0.2, 0.25) is 0 Å². The first-order valence-electron chi connectivity index (χ1n) is 4.81. The highest BCUT2D eigenvalue weighted by atomic mass is 79.9. The van der Waals surface area contributed by atoms with Crippen molar-refractivity contribution in [3.8, 4) is 0 Å². The van der Waals surface area contributed by atoms with Gasteiger partial charge in [-0.05, 0) is 43.8 Å². The third-order valence-corrected chi connectivity index (χ3v) is 4.46. The summed E-state index contributed by atoms with van der Waals surface area (Å²) in [6, 6.07) is 0.775. The van der Waals surface area contributed by atoms with Gasteiger partial charge >= 0.3 is 5.97 Å². The number of aliphatic carboxylic acids is 1. The standard InChI is InChI=1S/C10H11Br2NO3S/c1-4(2)7(10(15)16)13-9(14)5-3-6(11)17-8(5)12/h3-4,7H,1-2H3,(H,13,14)(H,15,16). The Bertz CT molecular complexity index is 445. The van der Waals surface area contributed by atoms with E-state index in [0.29, 0.717) is 9.35 Å². The largest absolute Gasteiger partial charge is 0.480 e. The van der Waals surface area contributed by atoms with E-state index >= 15 is 0 Å². The summed E-state index contributed by atoms with van der Waals surface area (Å²) in [5.74, 6) is -1.59. The predicted molar refractivity (Wildman–Crippen MR) is 73.4 cm³/mol. The predicted octanol–water partition coefficient (Wildman–Crippen LogP) is 3.11. The van der Waals surface area contributed by atoms with Gasteiger partial charge in [-0.3, -0.25) is 4.79 Å². The molecule has 1 aromatic heterocycles. The van der Waals surface area contributed by atoms with Crippen molar-refractivity contribution >= 4 is 55.1 Å². The van der Waals surface area contributed by atoms with E-state index < -0.39 is 12.0 Å². The van der Waals surface area contributed by atoms with Gasteiger partial charge in [-0.1, -0.05) is 13.8 Å². The average molecular weight is 385 g/mol. The Morgan fingerprint density at radius 1 is 1.41 bits per heavy atom. The van der Waals surface area contributed by atoms with Crippen molar-refractivity contribution in [3.63, 3.8) is 0 Å². The number of thiophene rings is 1. The number of nitrogens with one attached hydrogen (secondary N) is 1. The van der Waals surface area contributed by atoms with Crippen LogP contribution in [-0.4, -0.2) is 23.0 Å². The number of carboxylic acids is 1. The monoisotopic (exact) mass is 383 g/mol. The molecule has 1 rings (SSSR count). The van der Waals surface area contributed by atoms with E-state index in [9.17, 15) is 9.59 Å². The first-order chi connectivity index (χ1) is 7.82. The number of halogens is 2. The second kappa shape index (κ2) is 5.97. The topological polar surface area (TPSA) is 66.4 Å². The summed E-state index contributed by atoms with van der Waals surface area (Å²) < 4.78 is 1.49. The highest BCUT2D eigenvalue weighted by Crippen LogP contribution is 2.31. The number of carbonyl (C=O) groups is 2. The maximum absolute atomic E-state index is 11.9. The van der Waals surface area contributed by atoms with Gasteiger partial charge in [0.15, 0.2) is 0 Å². The van der Waals surface area contributed by atoms with Crippen LogP contribution in [0.25, 0.3) is 0 Å². The van der Waals surface area contributed by atoms with Gasteiger partial charge in [0.05, 0.1) is 13.1 Å². The summed E-state index contributed by atoms with van der Waals surface area (Å²) >= 11 is 7.90. The summed E-state index contributed by atoms with van der Waals surface area (Å²) in [5, 5.41) is 11.5. The Labute approximate surface area is 120 Å². The van der Waals surface area contributed by atoms with Crippen LogP contribution in [0.2, 0.25) is 0 Å². The number of hydrogen-bond acceptors (Lipinski definition) is 3. The molecule has 1 atom stereocenters. The number of rotatable bonds is 4. The summed E-state index contributed by atoms with van der Waals surface area (Å²) in [5.41, 5.74) is 0.439. The average Bonchev–Trinajstić information content (AvgIpc) is 2.53. The molecular weight excluding hydrogens is 374 g/mol. The lowest BCUT2D eigenvalue weighted by atomic mass is 10.0. The van der Waals surface area contributed by atoms with Gasteiger partial charge in [-0.25, -0.2) is 4.79 Å². The van der Waals surface area contributed by atoms with Crippen LogP contribution in [0.15, 0.2) is 13.6 Å². The zero-order chi connectivity index (χ0) is 13.2. The molecule has 0 saturated heterocycles. The normalized spacial score (nSPS) is 12.5. The van der Waals surface area contributed by atoms with Crippen molar-refractivity contribution in [2.75, 3.05) is 0 Å². The zero-order valence-electron chi connectivity index (χ0n) is 9.16. The minimum absolute atomic E-state index is 0.169. The molecule has 0 aliphatic heterocycles. The molecule has 0 fully saturated rings. The molecule has 1 unspecified atom stereocenters. The third-order valence-electron chi connectivity index (χ3n) is 2.12. The van der Waals surface area contributed by atoms with Crippen molar-refractivity contribution in [3.05, 3.63) is 19.2 Å². The smallest absolute Gasteiger partial charge is 0.326 e. The van der Waals surface area contributed by atoms with Crippen LogP contribution in [0.1, 0.15) is 24.2 Å². The molecule has 94 valence electrons. The van der Waals surface area contributed by atoms with E-state index in [1.165, 1.54) is 11.3 Å². The second-order valence-electron chi connectivity index (χ2n) is 3.77. The summed E-state index contributed by atoms with van der Waals surface area (Å²) in [4.78, 5) is 22.8. The molecular formula is C10H11Br2NO3S. The number of carboxylic acid groups (broad SMARTS) is 1. The molecule has 0 spiro atoms. The van der Waals surface area contributed by atoms with Gasteiger partial charge in [-0.15, -0.1) is 11.3 Å². The Morgan fingerprint density at radius 3 is 2.35 bits per heavy atom. The Kier molecular flexibility index (Phi) is 5.15. The van der Waals surface area contributed by atoms with Gasteiger partial charge < -0.3 is 10.4 Å². The number of amides is 1. The molecule has 2 N–H and O–H groups in total. The van der Waals surface area contributed by atoms with Crippen molar-refractivity contribution < 1.29 is 14.7 Å². The molecule has 1 amide bonds. The van der Waals surface area contributed by atoms with Crippen LogP contribution < -0.4 is 5.32 Å². The Balaban J connectivity index is 2.85. The molecule has 17 heavy (non-hydrogen) atoms. The minimum atomic E-state index is -1.03. The lowest BCUT2D eigenvalue weighted by Gasteiger charge is -2.17. The van der Waals surface area contributed by atoms with Crippen LogP contribution in [0, 0.1) is 5.92 Å². The minimum Gasteiger partial charge on any atom is -0.480 e. The maximum atomic E-state index is 11.9. The van der Waals surface area contributed by atoms with Gasteiger partial charge in [0.25, 0.3) is 5.91 Å². The highest BCUT2D eigenvalue weighted by molar-refractivity contribution is 9.12. The van der Waals surface area contributed by atoms with Crippen LogP contribution in [0.5, 0.6) is 0 Å². The lowest BCUT2D eigenvalue weighted by molar-refractivity contribution is -0.140. The Hall–Kier alpha value is -0.400. The molecule has 4 nitrogen and oxygen atoms in total. The molecule has 0 aromatic carbocycles. The second-order valence-corrected chi connectivity index (χ2v) is 7.52. The van der Waals surface area contributed by atoms with Crippen LogP contribution in [-0.2, 0) is 4.79 Å². The van der Waals surface area contributed by atoms with Crippen molar-refractivity contribution in [2.45, 2.75) is 19.9 Å². The van der Waals surface area contributed by atoms with Gasteiger partial charge in [0.1, 0.15) is 6.04 Å². The quantitative estimate of drug-likeness (QED) is 0.837. The first-order valence-corrected chi connectivity index (χ1v) is 7.21. The SMILES string of the molecule is CC(C)C(NC(=O)c1cc(Br)sc1Br)C(=O)O. The maximum Gasteiger partial charge on any atom is 0.326 e. The fourth-order valence-electron chi connectivity index (χ4n) is 1.23. The molecule has 0 saturated carbocycles. The lowest BCUT2D eigenvalue weighted by Crippen LogP contribution is -2.44. The third kappa shape index (κ3) is 3.79. The van der Waals surface area contributed by atoms with Crippen molar-refractivity contribution in [1.82, 2.24) is 5.32 Å². The first kappa shape index (κ1) is 14.7. The van der Waals surface area contributed by atoms with Gasteiger partial charge in [-0.2, -0.15) is 0 Å². The van der Waals surface area contributed by atoms with Crippen molar-refractivity contribution in [1.29, 1.82) is 0 Å². The molecule has 1 heterocycles. The summed E-state index contributed by atoms with van der Waals surface area (Å²) in [6.45, 7) is 3.50. The summed E-state index contributed by atoms with van der Waals surface area (Å²) in [7, 11) is 0. The molecule has 1 aromatic rings. The number of hydrogen-bond donors (Lipinski definition) is 2. The van der Waals surface area contributed by atoms with Crippen LogP contribution >= 0.6 is 43.2 Å². The van der Waals surface area contributed by atoms with E-state index in [2.05, 4.69) is 37.2 Å². The fraction of sp³-hybridized carbons (Fsp3) is 0.400. The highest BCUT2D eigenvalue weighted by Gasteiger charge is 2.25. The van der Waals surface area contributed by atoms with Crippen LogP contribution in [0.3, 0.4) is 0 Å². The zero-order valence-corrected chi connectivity index (χ0v) is 13.1. The molecule has 7 heteroatoms. The molecule has 0 aliphatic carbocycles. The number of carbonyl (C=O) groups excluding carboxylic acids is 1. The van der Waals surface area contributed by atoms with E-state index in [1.807, 2.05) is 0 Å². The fourth-order valence-corrected chi connectivity index (χ4v) is 4.02. The van der Waals surface area contributed by atoms with E-state index in [4.69, 9.17) is 5.11 Å². The molecule has 0 radical (unpaired) electrons. The van der Waals surface area contributed by atoms with Crippen LogP contribution in [0.4, 0.5) is 0 Å². The Morgan fingerprint density at radius 2 is 2.00 bits per heavy atom. The van der Waals surface area contributed by atoms with E-state index in [0.717, 1.165) is 3.79 Å². The molecule has 0 bridgehead atoms. The van der Waals surface area contributed by atoms with E-state index in [-0.39, 0.29) is 11.8 Å². The van der Waals surface area contributed by atoms with Gasteiger partial charge in [0, 0.05) is 0 Å². The summed E-state index contributed by atoms with van der Waals surface area (Å²) in [6.07, 6.45) is 0.